The second kappa shape index (κ2) is 3.63. The molecule has 1 aliphatic rings. The van der Waals surface area contributed by atoms with Crippen LogP contribution in [-0.4, -0.2) is 6.61 Å². The van der Waals surface area contributed by atoms with Gasteiger partial charge in [0.25, 0.3) is 0 Å². The van der Waals surface area contributed by atoms with Crippen molar-refractivity contribution >= 4 is 23.2 Å². The van der Waals surface area contributed by atoms with Crippen LogP contribution in [0, 0.1) is 5.92 Å². The average Bonchev–Trinajstić information content (AvgIpc) is 2.55. The van der Waals surface area contributed by atoms with Gasteiger partial charge in [-0.05, 0) is 18.1 Å². The molecule has 1 atom stereocenters. The van der Waals surface area contributed by atoms with E-state index in [-0.39, 0.29) is 0 Å². The van der Waals surface area contributed by atoms with E-state index in [1.54, 1.807) is 6.07 Å². The number of hydrogen-bond acceptors (Lipinski definition) is 1. The van der Waals surface area contributed by atoms with Gasteiger partial charge in [-0.2, -0.15) is 0 Å². The molecule has 3 heteroatoms. The highest BCUT2D eigenvalue weighted by Gasteiger charge is 2.29. The van der Waals surface area contributed by atoms with Crippen molar-refractivity contribution in [3.63, 3.8) is 0 Å². The number of benzene rings is 1. The zero-order valence-electron chi connectivity index (χ0n) is 8.18. The molecule has 0 amide bonds. The van der Waals surface area contributed by atoms with Gasteiger partial charge in [0.2, 0.25) is 0 Å². The first kappa shape index (κ1) is 10.1. The predicted octanol–water partition coefficient (Wildman–Crippen LogP) is 4.13. The first-order chi connectivity index (χ1) is 6.61. The van der Waals surface area contributed by atoms with Gasteiger partial charge in [-0.15, -0.1) is 0 Å². The first-order valence-corrected chi connectivity index (χ1v) is 5.47. The Morgan fingerprint density at radius 3 is 2.71 bits per heavy atom. The van der Waals surface area contributed by atoms with E-state index < -0.39 is 0 Å². The second-order valence-electron chi connectivity index (χ2n) is 3.93. The number of hydrogen-bond donors (Lipinski definition) is 0. The third kappa shape index (κ3) is 1.49. The van der Waals surface area contributed by atoms with Crippen molar-refractivity contribution in [3.8, 4) is 5.75 Å². The summed E-state index contributed by atoms with van der Waals surface area (Å²) >= 11 is 12.1. The van der Waals surface area contributed by atoms with Gasteiger partial charge in [-0.1, -0.05) is 37.0 Å². The summed E-state index contributed by atoms with van der Waals surface area (Å²) in [5.74, 6) is 1.78. The Morgan fingerprint density at radius 1 is 1.36 bits per heavy atom. The molecule has 1 aliphatic heterocycles. The smallest absolute Gasteiger partial charge is 0.124 e. The lowest BCUT2D eigenvalue weighted by molar-refractivity contribution is 0.304. The Labute approximate surface area is 94.0 Å². The van der Waals surface area contributed by atoms with Gasteiger partial charge in [0.15, 0.2) is 0 Å². The highest BCUT2D eigenvalue weighted by molar-refractivity contribution is 6.42. The van der Waals surface area contributed by atoms with E-state index in [2.05, 4.69) is 13.8 Å². The summed E-state index contributed by atoms with van der Waals surface area (Å²) < 4.78 is 5.57. The molecule has 0 saturated carbocycles. The lowest BCUT2D eigenvalue weighted by Gasteiger charge is -2.14. The van der Waals surface area contributed by atoms with Crippen LogP contribution in [0.1, 0.15) is 25.3 Å². The van der Waals surface area contributed by atoms with Crippen LogP contribution in [0.4, 0.5) is 0 Å². The van der Waals surface area contributed by atoms with Crippen molar-refractivity contribution in [2.75, 3.05) is 6.61 Å². The molecular weight excluding hydrogens is 219 g/mol. The van der Waals surface area contributed by atoms with E-state index in [0.29, 0.717) is 28.5 Å². The fourth-order valence-corrected chi connectivity index (χ4v) is 2.27. The lowest BCUT2D eigenvalue weighted by atomic mass is 9.90. The maximum Gasteiger partial charge on any atom is 0.124 e. The largest absolute Gasteiger partial charge is 0.493 e. The van der Waals surface area contributed by atoms with Gasteiger partial charge in [0.05, 0.1) is 16.7 Å². The highest BCUT2D eigenvalue weighted by atomic mass is 35.5. The summed E-state index contributed by atoms with van der Waals surface area (Å²) in [4.78, 5) is 0. The van der Waals surface area contributed by atoms with E-state index in [1.807, 2.05) is 6.07 Å². The van der Waals surface area contributed by atoms with Crippen molar-refractivity contribution in [2.24, 2.45) is 5.92 Å². The molecular formula is C11H12Cl2O. The van der Waals surface area contributed by atoms with Gasteiger partial charge in [0.1, 0.15) is 5.75 Å². The monoisotopic (exact) mass is 230 g/mol. The molecule has 0 spiro atoms. The molecule has 0 aromatic heterocycles. The quantitative estimate of drug-likeness (QED) is 0.706. The third-order valence-electron chi connectivity index (χ3n) is 2.69. The van der Waals surface area contributed by atoms with Crippen molar-refractivity contribution in [1.82, 2.24) is 0 Å². The molecule has 76 valence electrons. The van der Waals surface area contributed by atoms with E-state index in [4.69, 9.17) is 27.9 Å². The van der Waals surface area contributed by atoms with Gasteiger partial charge in [-0.3, -0.25) is 0 Å². The standard InChI is InChI=1S/C11H12Cl2O/c1-6(2)7-5-14-9-4-3-8(12)11(13)10(7)9/h3-4,6-7H,5H2,1-2H3. The average molecular weight is 231 g/mol. The van der Waals surface area contributed by atoms with E-state index in [1.165, 1.54) is 0 Å². The number of rotatable bonds is 1. The summed E-state index contributed by atoms with van der Waals surface area (Å²) in [7, 11) is 0. The highest BCUT2D eigenvalue weighted by Crippen LogP contribution is 2.44. The van der Waals surface area contributed by atoms with Gasteiger partial charge < -0.3 is 4.74 Å². The Hall–Kier alpha value is -0.400. The van der Waals surface area contributed by atoms with Crippen LogP contribution in [0.2, 0.25) is 10.0 Å². The SMILES string of the molecule is CC(C)C1COc2ccc(Cl)c(Cl)c21. The maximum absolute atomic E-state index is 6.17. The Morgan fingerprint density at radius 2 is 2.07 bits per heavy atom. The minimum atomic E-state index is 0.371. The van der Waals surface area contributed by atoms with Crippen LogP contribution < -0.4 is 4.74 Å². The molecule has 0 saturated heterocycles. The van der Waals surface area contributed by atoms with Crippen LogP contribution in [0.15, 0.2) is 12.1 Å². The topological polar surface area (TPSA) is 9.23 Å². The molecule has 14 heavy (non-hydrogen) atoms. The summed E-state index contributed by atoms with van der Waals surface area (Å²) in [6.07, 6.45) is 0. The molecule has 1 aromatic rings. The van der Waals surface area contributed by atoms with Crippen LogP contribution in [0.25, 0.3) is 0 Å². The summed E-state index contributed by atoms with van der Waals surface area (Å²) in [6, 6.07) is 3.68. The van der Waals surface area contributed by atoms with Crippen molar-refractivity contribution in [2.45, 2.75) is 19.8 Å². The van der Waals surface area contributed by atoms with E-state index in [9.17, 15) is 0 Å². The Balaban J connectivity index is 2.52. The minimum absolute atomic E-state index is 0.371. The molecule has 0 bridgehead atoms. The van der Waals surface area contributed by atoms with Crippen LogP contribution in [0.3, 0.4) is 0 Å². The number of fused-ring (bicyclic) bond motifs is 1. The van der Waals surface area contributed by atoms with E-state index >= 15 is 0 Å². The lowest BCUT2D eigenvalue weighted by Crippen LogP contribution is -2.08. The predicted molar refractivity (Wildman–Crippen MR) is 59.5 cm³/mol. The molecule has 1 aromatic carbocycles. The Kier molecular flexibility index (Phi) is 2.63. The fraction of sp³-hybridized carbons (Fsp3) is 0.455. The fourth-order valence-electron chi connectivity index (χ4n) is 1.81. The Bertz CT molecular complexity index is 361. The summed E-state index contributed by atoms with van der Waals surface area (Å²) in [6.45, 7) is 5.05. The molecule has 1 nitrogen and oxygen atoms in total. The molecule has 0 fully saturated rings. The maximum atomic E-state index is 6.17. The van der Waals surface area contributed by atoms with Crippen LogP contribution >= 0.6 is 23.2 Å². The van der Waals surface area contributed by atoms with Gasteiger partial charge in [0, 0.05) is 11.5 Å². The molecule has 1 heterocycles. The molecule has 0 radical (unpaired) electrons. The van der Waals surface area contributed by atoms with E-state index in [0.717, 1.165) is 11.3 Å². The number of halogens is 2. The second-order valence-corrected chi connectivity index (χ2v) is 4.72. The molecule has 2 rings (SSSR count). The summed E-state index contributed by atoms with van der Waals surface area (Å²) in [5, 5.41) is 1.27. The third-order valence-corrected chi connectivity index (χ3v) is 3.51. The van der Waals surface area contributed by atoms with Crippen molar-refractivity contribution < 1.29 is 4.74 Å². The van der Waals surface area contributed by atoms with Gasteiger partial charge in [-0.25, -0.2) is 0 Å². The zero-order valence-corrected chi connectivity index (χ0v) is 9.69. The summed E-state index contributed by atoms with van der Waals surface area (Å²) in [5.41, 5.74) is 1.08. The first-order valence-electron chi connectivity index (χ1n) is 4.72. The molecule has 0 N–H and O–H groups in total. The number of ether oxygens (including phenoxy) is 1. The molecule has 0 aliphatic carbocycles. The van der Waals surface area contributed by atoms with Crippen molar-refractivity contribution in [3.05, 3.63) is 27.7 Å². The van der Waals surface area contributed by atoms with Crippen LogP contribution in [-0.2, 0) is 0 Å². The normalized spacial score (nSPS) is 19.6. The zero-order chi connectivity index (χ0) is 10.3. The minimum Gasteiger partial charge on any atom is -0.493 e. The van der Waals surface area contributed by atoms with Crippen LogP contribution in [0.5, 0.6) is 5.75 Å². The molecule has 1 unspecified atom stereocenters. The van der Waals surface area contributed by atoms with Gasteiger partial charge >= 0.3 is 0 Å². The van der Waals surface area contributed by atoms with Crippen molar-refractivity contribution in [1.29, 1.82) is 0 Å².